The van der Waals surface area contributed by atoms with E-state index in [1.165, 1.54) is 24.3 Å². The molecule has 3 heterocycles. The molecule has 5 rings (SSSR count). The Labute approximate surface area is 181 Å². The molecular formula is C22H21F3N2O5. The minimum Gasteiger partial charge on any atom is -0.490 e. The number of amides is 1. The van der Waals surface area contributed by atoms with Crippen LogP contribution in [0.3, 0.4) is 0 Å². The van der Waals surface area contributed by atoms with Crippen molar-refractivity contribution < 1.29 is 37.3 Å². The quantitative estimate of drug-likeness (QED) is 0.743. The van der Waals surface area contributed by atoms with Crippen molar-refractivity contribution in [3.8, 4) is 17.2 Å². The largest absolute Gasteiger partial charge is 0.586 e. The first-order valence-electron chi connectivity index (χ1n) is 10.3. The summed E-state index contributed by atoms with van der Waals surface area (Å²) >= 11 is 0. The minimum absolute atomic E-state index is 0.0141. The Kier molecular flexibility index (Phi) is 4.85. The molecule has 0 aromatic heterocycles. The summed E-state index contributed by atoms with van der Waals surface area (Å²) in [6, 6.07) is 7.34. The summed E-state index contributed by atoms with van der Waals surface area (Å²) in [5.41, 5.74) is 0.312. The Balaban J connectivity index is 1.22. The van der Waals surface area contributed by atoms with Crippen LogP contribution in [-0.4, -0.2) is 42.6 Å². The van der Waals surface area contributed by atoms with Gasteiger partial charge in [0.15, 0.2) is 11.5 Å². The average molecular weight is 450 g/mol. The summed E-state index contributed by atoms with van der Waals surface area (Å²) in [6.07, 6.45) is -2.28. The van der Waals surface area contributed by atoms with E-state index in [-0.39, 0.29) is 36.1 Å². The molecule has 2 aromatic rings. The second-order valence-electron chi connectivity index (χ2n) is 8.25. The van der Waals surface area contributed by atoms with E-state index >= 15 is 0 Å². The lowest BCUT2D eigenvalue weighted by Crippen LogP contribution is -2.48. The van der Waals surface area contributed by atoms with E-state index in [1.807, 2.05) is 4.90 Å². The summed E-state index contributed by atoms with van der Waals surface area (Å²) in [6.45, 7) is 0.973. The molecule has 170 valence electrons. The van der Waals surface area contributed by atoms with E-state index in [9.17, 15) is 23.1 Å². The zero-order chi connectivity index (χ0) is 22.5. The lowest BCUT2D eigenvalue weighted by Gasteiger charge is -2.39. The monoisotopic (exact) mass is 450 g/mol. The van der Waals surface area contributed by atoms with Crippen molar-refractivity contribution in [1.29, 1.82) is 0 Å². The van der Waals surface area contributed by atoms with Crippen molar-refractivity contribution in [1.82, 2.24) is 0 Å². The number of hydrogen-bond donors (Lipinski definition) is 2. The molecule has 3 aliphatic heterocycles. The van der Waals surface area contributed by atoms with Gasteiger partial charge in [0.2, 0.25) is 5.91 Å². The van der Waals surface area contributed by atoms with E-state index in [4.69, 9.17) is 4.74 Å². The van der Waals surface area contributed by atoms with E-state index in [1.54, 1.807) is 6.07 Å². The van der Waals surface area contributed by atoms with Gasteiger partial charge in [-0.25, -0.2) is 4.39 Å². The molecule has 1 amide bonds. The number of fused-ring (bicyclic) bond motifs is 2. The molecule has 7 nitrogen and oxygen atoms in total. The Morgan fingerprint density at radius 1 is 1.09 bits per heavy atom. The predicted molar refractivity (Wildman–Crippen MR) is 108 cm³/mol. The second-order valence-corrected chi connectivity index (χ2v) is 8.25. The van der Waals surface area contributed by atoms with Gasteiger partial charge in [-0.1, -0.05) is 0 Å². The average Bonchev–Trinajstić information content (AvgIpc) is 3.07. The predicted octanol–water partition coefficient (Wildman–Crippen LogP) is 3.44. The third kappa shape index (κ3) is 3.90. The zero-order valence-electron chi connectivity index (χ0n) is 17.0. The first-order chi connectivity index (χ1) is 15.2. The number of benzene rings is 2. The smallest absolute Gasteiger partial charge is 0.490 e. The number of rotatable bonds is 4. The van der Waals surface area contributed by atoms with Gasteiger partial charge in [-0.3, -0.25) is 4.79 Å². The maximum atomic E-state index is 14.0. The number of halogens is 3. The van der Waals surface area contributed by atoms with Crippen molar-refractivity contribution in [2.75, 3.05) is 29.9 Å². The Hall–Kier alpha value is -3.14. The van der Waals surface area contributed by atoms with Crippen LogP contribution in [0, 0.1) is 5.82 Å². The number of nitrogens with zero attached hydrogens (tertiary/aromatic N) is 1. The standard InChI is InChI=1S/C22H21F3N2O5/c23-15-3-5-16(14-2-6-19(28)26-20(14)15)30-12-21(29)7-9-27(10-8-21)13-1-4-17-18(11-13)32-22(24,25)31-17/h1,3-5,11,29H,2,6-10,12H2,(H,26,28). The number of carbonyl (C=O) groups is 1. The van der Waals surface area contributed by atoms with E-state index < -0.39 is 17.7 Å². The van der Waals surface area contributed by atoms with Gasteiger partial charge in [-0.2, -0.15) is 0 Å². The number of nitrogens with one attached hydrogen (secondary N) is 1. The van der Waals surface area contributed by atoms with Gasteiger partial charge >= 0.3 is 6.29 Å². The molecule has 32 heavy (non-hydrogen) atoms. The van der Waals surface area contributed by atoms with Gasteiger partial charge in [0.25, 0.3) is 0 Å². The van der Waals surface area contributed by atoms with Crippen LogP contribution in [0.25, 0.3) is 0 Å². The molecule has 2 aromatic carbocycles. The maximum absolute atomic E-state index is 14.0. The van der Waals surface area contributed by atoms with Crippen LogP contribution in [0.15, 0.2) is 30.3 Å². The molecule has 3 aliphatic rings. The van der Waals surface area contributed by atoms with E-state index in [0.717, 1.165) is 0 Å². The van der Waals surface area contributed by atoms with Gasteiger partial charge in [0.05, 0.1) is 5.69 Å². The molecule has 2 N–H and O–H groups in total. The zero-order valence-corrected chi connectivity index (χ0v) is 17.0. The third-order valence-corrected chi connectivity index (χ3v) is 6.03. The number of alkyl halides is 2. The molecule has 0 unspecified atom stereocenters. The van der Waals surface area contributed by atoms with Crippen molar-refractivity contribution in [3.63, 3.8) is 0 Å². The van der Waals surface area contributed by atoms with Crippen LogP contribution in [0.2, 0.25) is 0 Å². The first kappa shape index (κ1) is 20.7. The minimum atomic E-state index is -3.66. The summed E-state index contributed by atoms with van der Waals surface area (Å²) in [4.78, 5) is 13.5. The topological polar surface area (TPSA) is 80.3 Å². The van der Waals surface area contributed by atoms with Crippen LogP contribution < -0.4 is 24.4 Å². The van der Waals surface area contributed by atoms with E-state index in [0.29, 0.717) is 49.4 Å². The number of hydrogen-bond acceptors (Lipinski definition) is 6. The molecule has 0 aliphatic carbocycles. The van der Waals surface area contributed by atoms with Crippen LogP contribution in [0.4, 0.5) is 24.5 Å². The molecule has 1 saturated heterocycles. The van der Waals surface area contributed by atoms with Crippen molar-refractivity contribution in [2.45, 2.75) is 37.6 Å². The summed E-state index contributed by atoms with van der Waals surface area (Å²) in [5, 5.41) is 13.5. The van der Waals surface area contributed by atoms with Crippen LogP contribution in [-0.2, 0) is 11.2 Å². The Morgan fingerprint density at radius 2 is 1.84 bits per heavy atom. The molecule has 0 radical (unpaired) electrons. The highest BCUT2D eigenvalue weighted by atomic mass is 19.3. The van der Waals surface area contributed by atoms with Crippen molar-refractivity contribution in [3.05, 3.63) is 41.7 Å². The molecule has 0 bridgehead atoms. The van der Waals surface area contributed by atoms with Gasteiger partial charge in [0.1, 0.15) is 23.8 Å². The summed E-state index contributed by atoms with van der Waals surface area (Å²) in [5.74, 6) is -0.362. The molecule has 0 atom stereocenters. The highest BCUT2D eigenvalue weighted by Crippen LogP contribution is 2.43. The van der Waals surface area contributed by atoms with Crippen LogP contribution in [0.1, 0.15) is 24.8 Å². The number of ether oxygens (including phenoxy) is 3. The lowest BCUT2D eigenvalue weighted by molar-refractivity contribution is -0.286. The lowest BCUT2D eigenvalue weighted by atomic mass is 9.92. The summed E-state index contributed by atoms with van der Waals surface area (Å²) < 4.78 is 55.3. The fourth-order valence-electron chi connectivity index (χ4n) is 4.23. The van der Waals surface area contributed by atoms with Gasteiger partial charge < -0.3 is 29.5 Å². The normalized spacial score (nSPS) is 20.5. The first-order valence-corrected chi connectivity index (χ1v) is 10.3. The van der Waals surface area contributed by atoms with Crippen LogP contribution in [0.5, 0.6) is 17.2 Å². The molecular weight excluding hydrogens is 429 g/mol. The van der Waals surface area contributed by atoms with Gasteiger partial charge in [0, 0.05) is 36.8 Å². The van der Waals surface area contributed by atoms with Crippen molar-refractivity contribution in [2.24, 2.45) is 0 Å². The fraction of sp³-hybridized carbons (Fsp3) is 0.409. The van der Waals surface area contributed by atoms with Gasteiger partial charge in [-0.15, -0.1) is 8.78 Å². The Bertz CT molecular complexity index is 1070. The number of carbonyl (C=O) groups excluding carboxylic acids is 1. The third-order valence-electron chi connectivity index (χ3n) is 6.03. The summed E-state index contributed by atoms with van der Waals surface area (Å²) in [7, 11) is 0. The molecule has 10 heteroatoms. The van der Waals surface area contributed by atoms with Crippen LogP contribution >= 0.6 is 0 Å². The van der Waals surface area contributed by atoms with Crippen molar-refractivity contribution >= 4 is 17.3 Å². The number of piperidine rings is 1. The highest BCUT2D eigenvalue weighted by Gasteiger charge is 2.44. The fourth-order valence-corrected chi connectivity index (χ4v) is 4.23. The highest BCUT2D eigenvalue weighted by molar-refractivity contribution is 5.94. The molecule has 0 spiro atoms. The molecule has 0 saturated carbocycles. The maximum Gasteiger partial charge on any atom is 0.586 e. The SMILES string of the molecule is O=C1CCc2c(OCC3(O)CCN(c4ccc5c(c4)OC(F)(F)O5)CC3)ccc(F)c2N1. The number of aliphatic hydroxyl groups is 1. The Morgan fingerprint density at radius 3 is 2.62 bits per heavy atom. The molecule has 1 fully saturated rings. The second kappa shape index (κ2) is 7.47. The number of anilines is 2. The van der Waals surface area contributed by atoms with Gasteiger partial charge in [-0.05, 0) is 43.5 Å². The van der Waals surface area contributed by atoms with E-state index in [2.05, 4.69) is 14.8 Å².